The van der Waals surface area contributed by atoms with Gasteiger partial charge in [0.25, 0.3) is 0 Å². The maximum absolute atomic E-state index is 12.2. The minimum Gasteiger partial charge on any atom is -0.496 e. The third-order valence-corrected chi connectivity index (χ3v) is 3.71. The quantitative estimate of drug-likeness (QED) is 0.449. The summed E-state index contributed by atoms with van der Waals surface area (Å²) in [7, 11) is 1.60. The first-order chi connectivity index (χ1) is 9.19. The van der Waals surface area contributed by atoms with Crippen LogP contribution in [0.15, 0.2) is 22.7 Å². The van der Waals surface area contributed by atoms with Crippen molar-refractivity contribution in [3.8, 4) is 5.75 Å². The molecule has 106 valence electrons. The highest BCUT2D eigenvalue weighted by atomic mass is 79.9. The molecular weight excluding hydrogens is 304 g/mol. The van der Waals surface area contributed by atoms with E-state index in [1.54, 1.807) is 7.11 Å². The van der Waals surface area contributed by atoms with E-state index in [0.717, 1.165) is 17.3 Å². The Hall–Kier alpha value is -0.830. The smallest absolute Gasteiger partial charge is 0.166 e. The number of halogens is 1. The number of benzene rings is 1. The summed E-state index contributed by atoms with van der Waals surface area (Å²) in [6.45, 7) is 2.21. The molecule has 0 saturated carbocycles. The minimum absolute atomic E-state index is 0.175. The SMILES string of the molecule is CCCCCCCCC(=O)c1cc(Br)ccc1OC. The molecule has 0 bridgehead atoms. The molecule has 3 heteroatoms. The van der Waals surface area contributed by atoms with Crippen LogP contribution in [-0.4, -0.2) is 12.9 Å². The number of ether oxygens (including phenoxy) is 1. The van der Waals surface area contributed by atoms with Crippen LogP contribution in [0, 0.1) is 0 Å². The lowest BCUT2D eigenvalue weighted by molar-refractivity contribution is 0.0976. The molecular formula is C16H23BrO2. The Morgan fingerprint density at radius 1 is 1.16 bits per heavy atom. The van der Waals surface area contributed by atoms with Crippen LogP contribution in [0.1, 0.15) is 62.2 Å². The molecule has 0 fully saturated rings. The average Bonchev–Trinajstić information content (AvgIpc) is 2.42. The summed E-state index contributed by atoms with van der Waals surface area (Å²) in [4.78, 5) is 12.2. The second-order valence-electron chi connectivity index (χ2n) is 4.79. The van der Waals surface area contributed by atoms with E-state index in [0.29, 0.717) is 17.7 Å². The van der Waals surface area contributed by atoms with Gasteiger partial charge in [0.15, 0.2) is 5.78 Å². The van der Waals surface area contributed by atoms with E-state index in [1.807, 2.05) is 18.2 Å². The third-order valence-electron chi connectivity index (χ3n) is 3.22. The number of ketones is 1. The van der Waals surface area contributed by atoms with Crippen molar-refractivity contribution in [3.63, 3.8) is 0 Å². The van der Waals surface area contributed by atoms with E-state index in [4.69, 9.17) is 4.74 Å². The summed E-state index contributed by atoms with van der Waals surface area (Å²) in [5.41, 5.74) is 0.686. The number of Topliss-reactive ketones (excluding diaryl/α,β-unsaturated/α-hetero) is 1. The molecule has 0 aliphatic heterocycles. The van der Waals surface area contributed by atoms with Crippen molar-refractivity contribution in [1.82, 2.24) is 0 Å². The first-order valence-electron chi connectivity index (χ1n) is 7.05. The summed E-state index contributed by atoms with van der Waals surface area (Å²) in [6, 6.07) is 5.57. The van der Waals surface area contributed by atoms with Crippen molar-refractivity contribution in [3.05, 3.63) is 28.2 Å². The van der Waals surface area contributed by atoms with Crippen molar-refractivity contribution in [2.45, 2.75) is 51.9 Å². The Morgan fingerprint density at radius 2 is 1.84 bits per heavy atom. The van der Waals surface area contributed by atoms with Gasteiger partial charge in [-0.05, 0) is 24.6 Å². The molecule has 0 N–H and O–H groups in total. The molecule has 0 aliphatic carbocycles. The van der Waals surface area contributed by atoms with Gasteiger partial charge >= 0.3 is 0 Å². The van der Waals surface area contributed by atoms with Crippen LogP contribution in [-0.2, 0) is 0 Å². The highest BCUT2D eigenvalue weighted by Crippen LogP contribution is 2.25. The molecule has 0 spiro atoms. The van der Waals surface area contributed by atoms with E-state index < -0.39 is 0 Å². The van der Waals surface area contributed by atoms with Crippen LogP contribution >= 0.6 is 15.9 Å². The van der Waals surface area contributed by atoms with E-state index in [2.05, 4.69) is 22.9 Å². The molecule has 0 heterocycles. The van der Waals surface area contributed by atoms with Crippen molar-refractivity contribution in [2.75, 3.05) is 7.11 Å². The second kappa shape index (κ2) is 9.13. The summed E-state index contributed by atoms with van der Waals surface area (Å²) in [5, 5.41) is 0. The number of unbranched alkanes of at least 4 members (excludes halogenated alkanes) is 5. The first-order valence-corrected chi connectivity index (χ1v) is 7.85. The lowest BCUT2D eigenvalue weighted by Gasteiger charge is -2.08. The van der Waals surface area contributed by atoms with Gasteiger partial charge in [-0.1, -0.05) is 55.0 Å². The Balaban J connectivity index is 2.43. The third kappa shape index (κ3) is 5.77. The average molecular weight is 327 g/mol. The summed E-state index contributed by atoms with van der Waals surface area (Å²) in [6.07, 6.45) is 7.79. The molecule has 1 aromatic rings. The van der Waals surface area contributed by atoms with Gasteiger partial charge in [0.2, 0.25) is 0 Å². The van der Waals surface area contributed by atoms with E-state index in [9.17, 15) is 4.79 Å². The predicted octanol–water partition coefficient (Wildman–Crippen LogP) is 5.39. The normalized spacial score (nSPS) is 10.5. The minimum atomic E-state index is 0.175. The Labute approximate surface area is 124 Å². The Kier molecular flexibility index (Phi) is 7.80. The van der Waals surface area contributed by atoms with Crippen LogP contribution in [0.2, 0.25) is 0 Å². The Bertz CT molecular complexity index is 402. The second-order valence-corrected chi connectivity index (χ2v) is 5.70. The zero-order valence-electron chi connectivity index (χ0n) is 11.9. The van der Waals surface area contributed by atoms with E-state index in [1.165, 1.54) is 25.7 Å². The first kappa shape index (κ1) is 16.2. The van der Waals surface area contributed by atoms with Crippen LogP contribution in [0.4, 0.5) is 0 Å². The number of methoxy groups -OCH3 is 1. The number of rotatable bonds is 9. The van der Waals surface area contributed by atoms with E-state index >= 15 is 0 Å². The maximum Gasteiger partial charge on any atom is 0.166 e. The predicted molar refractivity (Wildman–Crippen MR) is 83.0 cm³/mol. The van der Waals surface area contributed by atoms with Gasteiger partial charge in [-0.3, -0.25) is 4.79 Å². The molecule has 19 heavy (non-hydrogen) atoms. The number of carbonyl (C=O) groups is 1. The van der Waals surface area contributed by atoms with Gasteiger partial charge in [0.05, 0.1) is 12.7 Å². The highest BCUT2D eigenvalue weighted by Gasteiger charge is 2.12. The van der Waals surface area contributed by atoms with Crippen molar-refractivity contribution < 1.29 is 9.53 Å². The van der Waals surface area contributed by atoms with Gasteiger partial charge in [0, 0.05) is 10.9 Å². The number of hydrogen-bond donors (Lipinski definition) is 0. The highest BCUT2D eigenvalue weighted by molar-refractivity contribution is 9.10. The summed E-state index contributed by atoms with van der Waals surface area (Å²) >= 11 is 3.40. The maximum atomic E-state index is 12.2. The zero-order chi connectivity index (χ0) is 14.1. The molecule has 1 rings (SSSR count). The monoisotopic (exact) mass is 326 g/mol. The van der Waals surface area contributed by atoms with Crippen LogP contribution in [0.25, 0.3) is 0 Å². The van der Waals surface area contributed by atoms with Crippen LogP contribution in [0.3, 0.4) is 0 Å². The van der Waals surface area contributed by atoms with Crippen molar-refractivity contribution in [2.24, 2.45) is 0 Å². The van der Waals surface area contributed by atoms with Crippen molar-refractivity contribution in [1.29, 1.82) is 0 Å². The van der Waals surface area contributed by atoms with Gasteiger partial charge in [0.1, 0.15) is 5.75 Å². The fourth-order valence-corrected chi connectivity index (χ4v) is 2.46. The lowest BCUT2D eigenvalue weighted by Crippen LogP contribution is -2.02. The van der Waals surface area contributed by atoms with Gasteiger partial charge < -0.3 is 4.74 Å². The molecule has 1 aromatic carbocycles. The van der Waals surface area contributed by atoms with Gasteiger partial charge in [-0.15, -0.1) is 0 Å². The largest absolute Gasteiger partial charge is 0.496 e. The topological polar surface area (TPSA) is 26.3 Å². The zero-order valence-corrected chi connectivity index (χ0v) is 13.5. The molecule has 0 saturated heterocycles. The molecule has 0 aromatic heterocycles. The van der Waals surface area contributed by atoms with Gasteiger partial charge in [-0.2, -0.15) is 0 Å². The lowest BCUT2D eigenvalue weighted by atomic mass is 10.0. The molecule has 0 atom stereocenters. The molecule has 0 amide bonds. The number of carbonyl (C=O) groups excluding carboxylic acids is 1. The molecule has 0 unspecified atom stereocenters. The van der Waals surface area contributed by atoms with Crippen LogP contribution < -0.4 is 4.74 Å². The van der Waals surface area contributed by atoms with Crippen LogP contribution in [0.5, 0.6) is 5.75 Å². The van der Waals surface area contributed by atoms with Gasteiger partial charge in [-0.25, -0.2) is 0 Å². The van der Waals surface area contributed by atoms with E-state index in [-0.39, 0.29) is 5.78 Å². The summed E-state index contributed by atoms with van der Waals surface area (Å²) in [5.74, 6) is 0.841. The molecule has 0 aliphatic rings. The standard InChI is InChI=1S/C16H23BrO2/c1-3-4-5-6-7-8-9-15(18)14-12-13(17)10-11-16(14)19-2/h10-12H,3-9H2,1-2H3. The summed E-state index contributed by atoms with van der Waals surface area (Å²) < 4.78 is 6.16. The Morgan fingerprint density at radius 3 is 2.53 bits per heavy atom. The number of hydrogen-bond acceptors (Lipinski definition) is 2. The molecule has 0 radical (unpaired) electrons. The fraction of sp³-hybridized carbons (Fsp3) is 0.562. The molecule has 2 nitrogen and oxygen atoms in total. The van der Waals surface area contributed by atoms with Crippen molar-refractivity contribution >= 4 is 21.7 Å². The fourth-order valence-electron chi connectivity index (χ4n) is 2.10.